The zero-order valence-electron chi connectivity index (χ0n) is 8.47. The van der Waals surface area contributed by atoms with E-state index >= 15 is 0 Å². The van der Waals surface area contributed by atoms with Crippen LogP contribution in [0.2, 0.25) is 0 Å². The molecule has 0 rings (SSSR count). The van der Waals surface area contributed by atoms with Gasteiger partial charge >= 0.3 is 0 Å². The molecule has 1 heteroatoms. The Morgan fingerprint density at radius 1 is 1.50 bits per heavy atom. The van der Waals surface area contributed by atoms with Crippen molar-refractivity contribution in [2.75, 3.05) is 0 Å². The molecule has 1 atom stereocenters. The molecule has 0 aliphatic heterocycles. The van der Waals surface area contributed by atoms with E-state index in [4.69, 9.17) is 0 Å². The summed E-state index contributed by atoms with van der Waals surface area (Å²) in [7, 11) is 0. The molecule has 1 nitrogen and oxygen atoms in total. The fourth-order valence-electron chi connectivity index (χ4n) is 1.16. The normalized spacial score (nSPS) is 14.4. The summed E-state index contributed by atoms with van der Waals surface area (Å²) in [6.07, 6.45) is 7.46. The topological polar surface area (TPSA) is 17.1 Å². The molecule has 0 radical (unpaired) electrons. The molecular weight excluding hydrogens is 148 g/mol. The second-order valence-electron chi connectivity index (χ2n) is 3.53. The van der Waals surface area contributed by atoms with Crippen molar-refractivity contribution in [2.24, 2.45) is 5.92 Å². The van der Waals surface area contributed by atoms with Crippen LogP contribution in [0.25, 0.3) is 0 Å². The van der Waals surface area contributed by atoms with Gasteiger partial charge in [0.2, 0.25) is 0 Å². The summed E-state index contributed by atoms with van der Waals surface area (Å²) < 4.78 is 0. The number of hydrogen-bond acceptors (Lipinski definition) is 1. The molecule has 0 aromatic rings. The van der Waals surface area contributed by atoms with E-state index < -0.39 is 0 Å². The van der Waals surface area contributed by atoms with Crippen molar-refractivity contribution < 1.29 is 4.79 Å². The van der Waals surface area contributed by atoms with E-state index in [0.717, 1.165) is 12.7 Å². The molecule has 0 spiro atoms. The molecule has 0 heterocycles. The molecule has 0 saturated carbocycles. The summed E-state index contributed by atoms with van der Waals surface area (Å²) in [6, 6.07) is 0. The van der Waals surface area contributed by atoms with Crippen LogP contribution in [0, 0.1) is 5.92 Å². The monoisotopic (exact) mass is 168 g/mol. The van der Waals surface area contributed by atoms with Gasteiger partial charge < -0.3 is 4.79 Å². The van der Waals surface area contributed by atoms with E-state index in [-0.39, 0.29) is 0 Å². The van der Waals surface area contributed by atoms with Crippen LogP contribution < -0.4 is 0 Å². The van der Waals surface area contributed by atoms with E-state index in [2.05, 4.69) is 26.8 Å². The Kier molecular flexibility index (Phi) is 6.73. The highest BCUT2D eigenvalue weighted by atomic mass is 16.1. The number of allylic oxidation sites excluding steroid dienone is 2. The van der Waals surface area contributed by atoms with Crippen molar-refractivity contribution in [1.82, 2.24) is 0 Å². The van der Waals surface area contributed by atoms with Gasteiger partial charge in [0, 0.05) is 6.42 Å². The van der Waals surface area contributed by atoms with Crippen molar-refractivity contribution in [3.63, 3.8) is 0 Å². The Morgan fingerprint density at radius 3 is 2.67 bits per heavy atom. The van der Waals surface area contributed by atoms with Crippen molar-refractivity contribution in [1.29, 1.82) is 0 Å². The maximum Gasteiger partial charge on any atom is 0.120 e. The number of aldehydes is 1. The second kappa shape index (κ2) is 7.08. The first-order chi connectivity index (χ1) is 5.70. The highest BCUT2D eigenvalue weighted by Crippen LogP contribution is 2.13. The van der Waals surface area contributed by atoms with Crippen LogP contribution in [0.4, 0.5) is 0 Å². The summed E-state index contributed by atoms with van der Waals surface area (Å²) in [4.78, 5) is 10.2. The van der Waals surface area contributed by atoms with Gasteiger partial charge in [0.05, 0.1) is 0 Å². The lowest BCUT2D eigenvalue weighted by Crippen LogP contribution is -1.95. The van der Waals surface area contributed by atoms with E-state index in [1.54, 1.807) is 0 Å². The molecule has 12 heavy (non-hydrogen) atoms. The first-order valence-electron chi connectivity index (χ1n) is 4.76. The van der Waals surface area contributed by atoms with Crippen LogP contribution in [0.1, 0.15) is 46.5 Å². The molecule has 70 valence electrons. The molecule has 0 aromatic heterocycles. The van der Waals surface area contributed by atoms with Gasteiger partial charge in [-0.1, -0.05) is 18.6 Å². The average molecular weight is 168 g/mol. The summed E-state index contributed by atoms with van der Waals surface area (Å²) in [5.74, 6) is 0.562. The Balaban J connectivity index is 3.36. The highest BCUT2D eigenvalue weighted by Gasteiger charge is 2.00. The Labute approximate surface area is 75.9 Å². The SMILES string of the molecule is CC=C(C)CCCC(C)CC=O. The lowest BCUT2D eigenvalue weighted by atomic mass is 9.99. The third kappa shape index (κ3) is 6.14. The number of carbonyl (C=O) groups excluding carboxylic acids is 1. The maximum atomic E-state index is 10.2. The zero-order valence-corrected chi connectivity index (χ0v) is 8.47. The quantitative estimate of drug-likeness (QED) is 0.439. The maximum absolute atomic E-state index is 10.2. The fourth-order valence-corrected chi connectivity index (χ4v) is 1.16. The molecule has 0 amide bonds. The molecule has 0 aromatic carbocycles. The third-order valence-corrected chi connectivity index (χ3v) is 2.26. The minimum absolute atomic E-state index is 0.562. The summed E-state index contributed by atoms with van der Waals surface area (Å²) in [5.41, 5.74) is 1.45. The van der Waals surface area contributed by atoms with E-state index in [0.29, 0.717) is 5.92 Å². The summed E-state index contributed by atoms with van der Waals surface area (Å²) in [6.45, 7) is 6.37. The summed E-state index contributed by atoms with van der Waals surface area (Å²) >= 11 is 0. The van der Waals surface area contributed by atoms with Gasteiger partial charge in [0.1, 0.15) is 6.29 Å². The zero-order chi connectivity index (χ0) is 9.40. The Bertz CT molecular complexity index is 147. The van der Waals surface area contributed by atoms with E-state index in [1.165, 1.54) is 24.8 Å². The first kappa shape index (κ1) is 11.4. The smallest absolute Gasteiger partial charge is 0.120 e. The van der Waals surface area contributed by atoms with Crippen molar-refractivity contribution >= 4 is 6.29 Å². The van der Waals surface area contributed by atoms with Crippen LogP contribution in [0.15, 0.2) is 11.6 Å². The fraction of sp³-hybridized carbons (Fsp3) is 0.727. The van der Waals surface area contributed by atoms with Crippen molar-refractivity contribution in [3.05, 3.63) is 11.6 Å². The summed E-state index contributed by atoms with van der Waals surface area (Å²) in [5, 5.41) is 0. The van der Waals surface area contributed by atoms with Crippen LogP contribution in [-0.2, 0) is 4.79 Å². The van der Waals surface area contributed by atoms with E-state index in [9.17, 15) is 4.79 Å². The predicted octanol–water partition coefficient (Wildman–Crippen LogP) is 3.35. The molecule has 0 N–H and O–H groups in total. The second-order valence-corrected chi connectivity index (χ2v) is 3.53. The Hall–Kier alpha value is -0.590. The predicted molar refractivity (Wildman–Crippen MR) is 53.1 cm³/mol. The average Bonchev–Trinajstić information content (AvgIpc) is 2.04. The molecule has 0 fully saturated rings. The molecule has 0 aliphatic rings. The van der Waals surface area contributed by atoms with Crippen LogP contribution >= 0.6 is 0 Å². The standard InChI is InChI=1S/C11H20O/c1-4-10(2)6-5-7-11(3)8-9-12/h4,9,11H,5-8H2,1-3H3. The van der Waals surface area contributed by atoms with Crippen molar-refractivity contribution in [2.45, 2.75) is 46.5 Å². The van der Waals surface area contributed by atoms with Gasteiger partial charge in [-0.15, -0.1) is 0 Å². The number of carbonyl (C=O) groups is 1. The van der Waals surface area contributed by atoms with Gasteiger partial charge in [0.25, 0.3) is 0 Å². The van der Waals surface area contributed by atoms with Gasteiger partial charge in [-0.25, -0.2) is 0 Å². The highest BCUT2D eigenvalue weighted by molar-refractivity contribution is 5.49. The van der Waals surface area contributed by atoms with Crippen LogP contribution in [-0.4, -0.2) is 6.29 Å². The lowest BCUT2D eigenvalue weighted by molar-refractivity contribution is -0.108. The van der Waals surface area contributed by atoms with Gasteiger partial charge in [-0.05, 0) is 39.0 Å². The first-order valence-corrected chi connectivity index (χ1v) is 4.76. The molecule has 0 aliphatic carbocycles. The molecular formula is C11H20O. The minimum atomic E-state index is 0.562. The number of rotatable bonds is 6. The van der Waals surface area contributed by atoms with Crippen LogP contribution in [0.3, 0.4) is 0 Å². The van der Waals surface area contributed by atoms with Crippen LogP contribution in [0.5, 0.6) is 0 Å². The Morgan fingerprint density at radius 2 is 2.17 bits per heavy atom. The minimum Gasteiger partial charge on any atom is -0.303 e. The largest absolute Gasteiger partial charge is 0.303 e. The number of hydrogen-bond donors (Lipinski definition) is 0. The van der Waals surface area contributed by atoms with Gasteiger partial charge in [0.15, 0.2) is 0 Å². The molecule has 0 bridgehead atoms. The van der Waals surface area contributed by atoms with Gasteiger partial charge in [-0.3, -0.25) is 0 Å². The molecule has 0 saturated heterocycles. The van der Waals surface area contributed by atoms with Crippen molar-refractivity contribution in [3.8, 4) is 0 Å². The lowest BCUT2D eigenvalue weighted by Gasteiger charge is -2.06. The van der Waals surface area contributed by atoms with E-state index in [1.807, 2.05) is 0 Å². The van der Waals surface area contributed by atoms with Gasteiger partial charge in [-0.2, -0.15) is 0 Å². The third-order valence-electron chi connectivity index (χ3n) is 2.26. The molecule has 1 unspecified atom stereocenters.